The third-order valence-electron chi connectivity index (χ3n) is 4.83. The third-order valence-corrected chi connectivity index (χ3v) is 4.83. The van der Waals surface area contributed by atoms with Crippen molar-refractivity contribution in [3.05, 3.63) is 46.8 Å². The van der Waals surface area contributed by atoms with Gasteiger partial charge in [0.25, 0.3) is 5.91 Å². The van der Waals surface area contributed by atoms with Crippen molar-refractivity contribution in [2.75, 3.05) is 13.1 Å². The Bertz CT molecular complexity index is 841. The van der Waals surface area contributed by atoms with E-state index in [0.717, 1.165) is 47.2 Å². The minimum atomic E-state index is 0.139. The maximum atomic E-state index is 13.0. The lowest BCUT2D eigenvalue weighted by Crippen LogP contribution is -2.38. The van der Waals surface area contributed by atoms with E-state index in [-0.39, 0.29) is 5.91 Å². The van der Waals surface area contributed by atoms with E-state index < -0.39 is 0 Å². The lowest BCUT2D eigenvalue weighted by molar-refractivity contribution is 0.0754. The number of fused-ring (bicyclic) bond motifs is 3. The van der Waals surface area contributed by atoms with Crippen LogP contribution in [-0.2, 0) is 13.5 Å². The molecule has 3 heterocycles. The van der Waals surface area contributed by atoms with E-state index in [1.165, 1.54) is 5.57 Å². The van der Waals surface area contributed by atoms with Crippen LogP contribution >= 0.6 is 0 Å². The van der Waals surface area contributed by atoms with Crippen LogP contribution in [0.2, 0.25) is 0 Å². The van der Waals surface area contributed by atoms with Gasteiger partial charge in [0.1, 0.15) is 0 Å². The van der Waals surface area contributed by atoms with E-state index in [9.17, 15) is 4.79 Å². The summed E-state index contributed by atoms with van der Waals surface area (Å²) in [7, 11) is 2.05. The number of aliphatic imine (C=N–C) groups is 1. The quantitative estimate of drug-likeness (QED) is 0.839. The first-order valence-corrected chi connectivity index (χ1v) is 7.73. The van der Waals surface area contributed by atoms with Gasteiger partial charge in [0.2, 0.25) is 0 Å². The van der Waals surface area contributed by atoms with Crippen molar-refractivity contribution in [1.82, 2.24) is 9.47 Å². The molecule has 4 rings (SSSR count). The van der Waals surface area contributed by atoms with Gasteiger partial charge in [-0.1, -0.05) is 18.2 Å². The fourth-order valence-electron chi connectivity index (χ4n) is 3.51. The van der Waals surface area contributed by atoms with E-state index >= 15 is 0 Å². The molecule has 0 saturated heterocycles. The number of para-hydroxylation sites is 1. The molecule has 112 valence electrons. The zero-order valence-corrected chi connectivity index (χ0v) is 13.0. The van der Waals surface area contributed by atoms with Crippen LogP contribution in [0, 0.1) is 0 Å². The summed E-state index contributed by atoms with van der Waals surface area (Å²) in [5.41, 5.74) is 5.50. The van der Waals surface area contributed by atoms with Crippen molar-refractivity contribution in [1.29, 1.82) is 0 Å². The van der Waals surface area contributed by atoms with Gasteiger partial charge in [0, 0.05) is 49.2 Å². The fourth-order valence-corrected chi connectivity index (χ4v) is 3.51. The number of aryl methyl sites for hydroxylation is 1. The largest absolute Gasteiger partial charge is 0.347 e. The molecule has 0 radical (unpaired) electrons. The van der Waals surface area contributed by atoms with Gasteiger partial charge in [0.05, 0.1) is 17.8 Å². The average Bonchev–Trinajstić information content (AvgIpc) is 3.05. The van der Waals surface area contributed by atoms with E-state index in [1.54, 1.807) is 0 Å². The van der Waals surface area contributed by atoms with Gasteiger partial charge < -0.3 is 9.47 Å². The van der Waals surface area contributed by atoms with Crippen LogP contribution in [0.3, 0.4) is 0 Å². The highest BCUT2D eigenvalue weighted by molar-refractivity contribution is 6.09. The highest BCUT2D eigenvalue weighted by Gasteiger charge is 2.30. The molecule has 2 aliphatic rings. The summed E-state index contributed by atoms with van der Waals surface area (Å²) in [4.78, 5) is 19.3. The monoisotopic (exact) mass is 293 g/mol. The Kier molecular flexibility index (Phi) is 2.93. The molecular weight excluding hydrogens is 274 g/mol. The van der Waals surface area contributed by atoms with Gasteiger partial charge in [-0.3, -0.25) is 9.79 Å². The molecule has 0 N–H and O–H groups in total. The number of carbonyl (C=O) groups is 1. The summed E-state index contributed by atoms with van der Waals surface area (Å²) in [6.45, 7) is 3.49. The Morgan fingerprint density at radius 1 is 1.27 bits per heavy atom. The molecule has 0 saturated carbocycles. The molecule has 0 aliphatic carbocycles. The molecule has 2 aliphatic heterocycles. The summed E-state index contributed by atoms with van der Waals surface area (Å²) in [5.74, 6) is 0.139. The van der Waals surface area contributed by atoms with E-state index in [4.69, 9.17) is 0 Å². The van der Waals surface area contributed by atoms with Gasteiger partial charge in [0.15, 0.2) is 0 Å². The Hall–Kier alpha value is -2.36. The van der Waals surface area contributed by atoms with E-state index in [2.05, 4.69) is 29.6 Å². The van der Waals surface area contributed by atoms with Crippen molar-refractivity contribution in [3.63, 3.8) is 0 Å². The molecule has 2 aromatic rings. The zero-order chi connectivity index (χ0) is 15.3. The summed E-state index contributed by atoms with van der Waals surface area (Å²) < 4.78 is 2.16. The lowest BCUT2D eigenvalue weighted by Gasteiger charge is -2.27. The van der Waals surface area contributed by atoms with Crippen LogP contribution in [-0.4, -0.2) is 34.7 Å². The van der Waals surface area contributed by atoms with Crippen LogP contribution in [0.1, 0.15) is 29.4 Å². The number of amides is 1. The second-order valence-electron chi connectivity index (χ2n) is 6.12. The first-order chi connectivity index (χ1) is 10.7. The number of benzene rings is 1. The van der Waals surface area contributed by atoms with Crippen LogP contribution in [0.4, 0.5) is 0 Å². The van der Waals surface area contributed by atoms with Crippen LogP contribution in [0.25, 0.3) is 10.9 Å². The second-order valence-corrected chi connectivity index (χ2v) is 6.12. The lowest BCUT2D eigenvalue weighted by atomic mass is 10.0. The number of aromatic nitrogens is 1. The molecule has 0 fully saturated rings. The highest BCUT2D eigenvalue weighted by atomic mass is 16.2. The maximum absolute atomic E-state index is 13.0. The van der Waals surface area contributed by atoms with Crippen molar-refractivity contribution in [3.8, 4) is 0 Å². The summed E-state index contributed by atoms with van der Waals surface area (Å²) in [6, 6.07) is 8.16. The summed E-state index contributed by atoms with van der Waals surface area (Å²) in [5, 5.41) is 1.07. The Labute approximate surface area is 129 Å². The molecule has 4 heteroatoms. The van der Waals surface area contributed by atoms with Crippen LogP contribution < -0.4 is 0 Å². The molecule has 1 amide bonds. The van der Waals surface area contributed by atoms with Crippen molar-refractivity contribution >= 4 is 23.0 Å². The number of carbonyl (C=O) groups excluding carboxylic acids is 1. The molecular formula is C18H19N3O. The zero-order valence-electron chi connectivity index (χ0n) is 13.0. The van der Waals surface area contributed by atoms with Gasteiger partial charge in [-0.15, -0.1) is 0 Å². The first kappa shape index (κ1) is 13.3. The van der Waals surface area contributed by atoms with Crippen molar-refractivity contribution in [2.45, 2.75) is 19.8 Å². The molecule has 4 nitrogen and oxygen atoms in total. The van der Waals surface area contributed by atoms with Crippen LogP contribution in [0.5, 0.6) is 0 Å². The molecule has 0 atom stereocenters. The Balaban J connectivity index is 1.75. The normalized spacial score (nSPS) is 17.7. The minimum Gasteiger partial charge on any atom is -0.347 e. The Morgan fingerprint density at radius 2 is 2.09 bits per heavy atom. The summed E-state index contributed by atoms with van der Waals surface area (Å²) >= 11 is 0. The van der Waals surface area contributed by atoms with Gasteiger partial charge in [-0.05, 0) is 18.6 Å². The topological polar surface area (TPSA) is 37.6 Å². The molecule has 22 heavy (non-hydrogen) atoms. The van der Waals surface area contributed by atoms with Gasteiger partial charge >= 0.3 is 0 Å². The van der Waals surface area contributed by atoms with Gasteiger partial charge in [-0.25, -0.2) is 0 Å². The Morgan fingerprint density at radius 3 is 2.86 bits per heavy atom. The third kappa shape index (κ3) is 1.83. The molecule has 0 bridgehead atoms. The number of nitrogens with zero attached hydrogens (tertiary/aromatic N) is 3. The predicted molar refractivity (Wildman–Crippen MR) is 88.3 cm³/mol. The minimum absolute atomic E-state index is 0.139. The fraction of sp³-hybridized carbons (Fsp3) is 0.333. The molecule has 1 aromatic carbocycles. The van der Waals surface area contributed by atoms with Crippen molar-refractivity contribution < 1.29 is 4.79 Å². The number of hydrogen-bond donors (Lipinski definition) is 0. The first-order valence-electron chi connectivity index (χ1n) is 7.73. The number of allylic oxidation sites excluding steroid dienone is 1. The predicted octanol–water partition coefficient (Wildman–Crippen LogP) is 2.93. The summed E-state index contributed by atoms with van der Waals surface area (Å²) in [6.07, 6.45) is 3.75. The van der Waals surface area contributed by atoms with Crippen molar-refractivity contribution in [2.24, 2.45) is 12.0 Å². The standard InChI is InChI=1S/C18H19N3O/c1-12-7-9-19-14(12)11-21-10-8-16-17(18(21)22)13-5-3-4-6-15(13)20(16)2/h3-6,9H,7-8,10-11H2,1-2H3. The average molecular weight is 293 g/mol. The SMILES string of the molecule is CC1=C(CN2CCc3c(c4ccccc4n3C)C2=O)N=CC1. The van der Waals surface area contributed by atoms with E-state index in [0.29, 0.717) is 6.54 Å². The van der Waals surface area contributed by atoms with E-state index in [1.807, 2.05) is 29.3 Å². The maximum Gasteiger partial charge on any atom is 0.256 e. The highest BCUT2D eigenvalue weighted by Crippen LogP contribution is 2.30. The van der Waals surface area contributed by atoms with Crippen LogP contribution in [0.15, 0.2) is 40.5 Å². The molecule has 0 unspecified atom stereocenters. The van der Waals surface area contributed by atoms with Gasteiger partial charge in [-0.2, -0.15) is 0 Å². The number of hydrogen-bond acceptors (Lipinski definition) is 2. The number of rotatable bonds is 2. The second kappa shape index (κ2) is 4.83. The molecule has 1 aromatic heterocycles. The smallest absolute Gasteiger partial charge is 0.256 e. The molecule has 0 spiro atoms.